The van der Waals surface area contributed by atoms with Crippen molar-refractivity contribution in [2.45, 2.75) is 44.9 Å². The first-order valence-corrected chi connectivity index (χ1v) is 7.02. The first-order chi connectivity index (χ1) is 8.33. The highest BCUT2D eigenvalue weighted by molar-refractivity contribution is 5.75. The van der Waals surface area contributed by atoms with Crippen molar-refractivity contribution in [3.63, 3.8) is 0 Å². The smallest absolute Gasteiger partial charge is 0.220 e. The molecule has 0 aromatic rings. The van der Waals surface area contributed by atoms with Crippen LogP contribution in [-0.4, -0.2) is 43.5 Å². The van der Waals surface area contributed by atoms with Crippen LogP contribution in [0.25, 0.3) is 0 Å². The molecule has 0 bridgehead atoms. The van der Waals surface area contributed by atoms with Gasteiger partial charge in [-0.3, -0.25) is 4.79 Å². The lowest BCUT2D eigenvalue weighted by Gasteiger charge is -2.26. The van der Waals surface area contributed by atoms with Gasteiger partial charge in [-0.1, -0.05) is 6.42 Å². The number of amides is 1. The SMILES string of the molecule is NCCCC(=O)NCCCCN1CCCCC1. The van der Waals surface area contributed by atoms with Gasteiger partial charge in [-0.2, -0.15) is 0 Å². The van der Waals surface area contributed by atoms with Crippen LogP contribution >= 0.6 is 0 Å². The van der Waals surface area contributed by atoms with E-state index >= 15 is 0 Å². The zero-order valence-corrected chi connectivity index (χ0v) is 10.9. The Morgan fingerprint density at radius 2 is 1.88 bits per heavy atom. The molecule has 1 fully saturated rings. The minimum Gasteiger partial charge on any atom is -0.356 e. The molecule has 1 aliphatic heterocycles. The Hall–Kier alpha value is -0.610. The number of carbonyl (C=O) groups is 1. The monoisotopic (exact) mass is 241 g/mol. The maximum absolute atomic E-state index is 11.3. The molecule has 1 saturated heterocycles. The summed E-state index contributed by atoms with van der Waals surface area (Å²) in [6.45, 7) is 5.14. The molecule has 0 aromatic carbocycles. The lowest BCUT2D eigenvalue weighted by atomic mass is 10.1. The molecule has 0 saturated carbocycles. The molecule has 0 radical (unpaired) electrons. The molecule has 4 nitrogen and oxygen atoms in total. The van der Waals surface area contributed by atoms with Crippen LogP contribution in [0.5, 0.6) is 0 Å². The summed E-state index contributed by atoms with van der Waals surface area (Å²) in [5, 5.41) is 2.94. The van der Waals surface area contributed by atoms with Crippen LogP contribution in [0, 0.1) is 0 Å². The highest BCUT2D eigenvalue weighted by Gasteiger charge is 2.08. The number of piperidine rings is 1. The fourth-order valence-electron chi connectivity index (χ4n) is 2.22. The number of nitrogens with zero attached hydrogens (tertiary/aromatic N) is 1. The molecule has 0 aliphatic carbocycles. The quantitative estimate of drug-likeness (QED) is 0.626. The highest BCUT2D eigenvalue weighted by atomic mass is 16.1. The third kappa shape index (κ3) is 7.34. The van der Waals surface area contributed by atoms with Crippen molar-refractivity contribution in [2.75, 3.05) is 32.7 Å². The predicted molar refractivity (Wildman–Crippen MR) is 70.8 cm³/mol. The molecule has 0 spiro atoms. The molecule has 0 aromatic heterocycles. The van der Waals surface area contributed by atoms with Gasteiger partial charge in [0.05, 0.1) is 0 Å². The fourth-order valence-corrected chi connectivity index (χ4v) is 2.22. The number of hydrogen-bond acceptors (Lipinski definition) is 3. The standard InChI is InChI=1S/C13H27N3O/c14-8-6-7-13(17)15-9-2-5-12-16-10-3-1-4-11-16/h1-12,14H2,(H,15,17). The van der Waals surface area contributed by atoms with Crippen molar-refractivity contribution in [3.8, 4) is 0 Å². The van der Waals surface area contributed by atoms with Gasteiger partial charge in [0.1, 0.15) is 0 Å². The van der Waals surface area contributed by atoms with Crippen molar-refractivity contribution in [1.82, 2.24) is 10.2 Å². The third-order valence-corrected chi connectivity index (χ3v) is 3.28. The van der Waals surface area contributed by atoms with E-state index in [1.165, 1.54) is 45.3 Å². The van der Waals surface area contributed by atoms with Crippen LogP contribution in [0.2, 0.25) is 0 Å². The van der Waals surface area contributed by atoms with Crippen LogP contribution in [0.1, 0.15) is 44.9 Å². The average molecular weight is 241 g/mol. The molecule has 1 heterocycles. The Balaban J connectivity index is 1.88. The van der Waals surface area contributed by atoms with Crippen LogP contribution in [0.4, 0.5) is 0 Å². The van der Waals surface area contributed by atoms with E-state index < -0.39 is 0 Å². The Morgan fingerprint density at radius 3 is 2.59 bits per heavy atom. The van der Waals surface area contributed by atoms with Gasteiger partial charge in [-0.25, -0.2) is 0 Å². The van der Waals surface area contributed by atoms with Crippen molar-refractivity contribution < 1.29 is 4.79 Å². The van der Waals surface area contributed by atoms with E-state index in [2.05, 4.69) is 10.2 Å². The van der Waals surface area contributed by atoms with Crippen molar-refractivity contribution in [1.29, 1.82) is 0 Å². The fraction of sp³-hybridized carbons (Fsp3) is 0.923. The molecule has 4 heteroatoms. The van der Waals surface area contributed by atoms with E-state index in [0.29, 0.717) is 13.0 Å². The molecule has 1 aliphatic rings. The Bertz CT molecular complexity index is 203. The van der Waals surface area contributed by atoms with E-state index in [0.717, 1.165) is 19.4 Å². The summed E-state index contributed by atoms with van der Waals surface area (Å²) in [5.74, 6) is 0.147. The van der Waals surface area contributed by atoms with E-state index in [1.54, 1.807) is 0 Å². The van der Waals surface area contributed by atoms with Crippen LogP contribution in [-0.2, 0) is 4.79 Å². The minimum absolute atomic E-state index is 0.147. The predicted octanol–water partition coefficient (Wildman–Crippen LogP) is 1.11. The number of carbonyl (C=O) groups excluding carboxylic acids is 1. The Labute approximate surface area is 105 Å². The lowest BCUT2D eigenvalue weighted by molar-refractivity contribution is -0.121. The van der Waals surface area contributed by atoms with Gasteiger partial charge in [0.2, 0.25) is 5.91 Å². The van der Waals surface area contributed by atoms with E-state index in [9.17, 15) is 4.79 Å². The molecule has 0 atom stereocenters. The van der Waals surface area contributed by atoms with Crippen molar-refractivity contribution in [2.24, 2.45) is 5.73 Å². The normalized spacial score (nSPS) is 17.0. The molecule has 100 valence electrons. The second-order valence-electron chi connectivity index (χ2n) is 4.85. The third-order valence-electron chi connectivity index (χ3n) is 3.28. The largest absolute Gasteiger partial charge is 0.356 e. The second kappa shape index (κ2) is 9.42. The van der Waals surface area contributed by atoms with Gasteiger partial charge in [0, 0.05) is 13.0 Å². The molecule has 1 rings (SSSR count). The van der Waals surface area contributed by atoms with Gasteiger partial charge in [-0.15, -0.1) is 0 Å². The molecule has 3 N–H and O–H groups in total. The van der Waals surface area contributed by atoms with Gasteiger partial charge >= 0.3 is 0 Å². The van der Waals surface area contributed by atoms with Gasteiger partial charge in [-0.05, 0) is 58.3 Å². The number of nitrogens with one attached hydrogen (secondary N) is 1. The molecular formula is C13H27N3O. The summed E-state index contributed by atoms with van der Waals surface area (Å²) >= 11 is 0. The van der Waals surface area contributed by atoms with Crippen LogP contribution < -0.4 is 11.1 Å². The molecule has 17 heavy (non-hydrogen) atoms. The van der Waals surface area contributed by atoms with Crippen molar-refractivity contribution >= 4 is 5.91 Å². The average Bonchev–Trinajstić information content (AvgIpc) is 2.37. The maximum atomic E-state index is 11.3. The zero-order valence-electron chi connectivity index (χ0n) is 10.9. The van der Waals surface area contributed by atoms with E-state index in [-0.39, 0.29) is 5.91 Å². The number of nitrogens with two attached hydrogens (primary N) is 1. The number of likely N-dealkylation sites (tertiary alicyclic amines) is 1. The van der Waals surface area contributed by atoms with Gasteiger partial charge in [0.25, 0.3) is 0 Å². The number of unbranched alkanes of at least 4 members (excludes halogenated alkanes) is 1. The number of hydrogen-bond donors (Lipinski definition) is 2. The van der Waals surface area contributed by atoms with Gasteiger partial charge in [0.15, 0.2) is 0 Å². The Kier molecular flexibility index (Phi) is 8.01. The second-order valence-corrected chi connectivity index (χ2v) is 4.85. The molecule has 0 unspecified atom stereocenters. The number of rotatable bonds is 8. The summed E-state index contributed by atoms with van der Waals surface area (Å²) in [4.78, 5) is 13.8. The van der Waals surface area contributed by atoms with Gasteiger partial charge < -0.3 is 16.0 Å². The van der Waals surface area contributed by atoms with Crippen LogP contribution in [0.15, 0.2) is 0 Å². The summed E-state index contributed by atoms with van der Waals surface area (Å²) in [5.41, 5.74) is 5.35. The van der Waals surface area contributed by atoms with Crippen LogP contribution in [0.3, 0.4) is 0 Å². The summed E-state index contributed by atoms with van der Waals surface area (Å²) in [7, 11) is 0. The lowest BCUT2D eigenvalue weighted by Crippen LogP contribution is -2.31. The topological polar surface area (TPSA) is 58.4 Å². The maximum Gasteiger partial charge on any atom is 0.220 e. The molecule has 1 amide bonds. The van der Waals surface area contributed by atoms with Crippen molar-refractivity contribution in [3.05, 3.63) is 0 Å². The first-order valence-electron chi connectivity index (χ1n) is 7.02. The minimum atomic E-state index is 0.147. The first kappa shape index (κ1) is 14.5. The zero-order chi connectivity index (χ0) is 12.3. The summed E-state index contributed by atoms with van der Waals surface area (Å²) in [6, 6.07) is 0. The van der Waals surface area contributed by atoms with E-state index in [1.807, 2.05) is 0 Å². The summed E-state index contributed by atoms with van der Waals surface area (Å²) in [6.07, 6.45) is 7.75. The molecular weight excluding hydrogens is 214 g/mol. The van der Waals surface area contributed by atoms with E-state index in [4.69, 9.17) is 5.73 Å². The highest BCUT2D eigenvalue weighted by Crippen LogP contribution is 2.09. The Morgan fingerprint density at radius 1 is 1.12 bits per heavy atom. The summed E-state index contributed by atoms with van der Waals surface area (Å²) < 4.78 is 0.